The average Bonchev–Trinajstić information content (AvgIpc) is 2.16. The summed E-state index contributed by atoms with van der Waals surface area (Å²) >= 11 is 0. The minimum atomic E-state index is -0.729. The van der Waals surface area contributed by atoms with E-state index in [9.17, 15) is 4.21 Å². The summed E-state index contributed by atoms with van der Waals surface area (Å²) in [7, 11) is -0.729. The lowest BCUT2D eigenvalue weighted by Crippen LogP contribution is -2.14. The van der Waals surface area contributed by atoms with Crippen LogP contribution in [0.25, 0.3) is 0 Å². The Hall–Kier alpha value is -0.970. The van der Waals surface area contributed by atoms with Crippen LogP contribution in [0.2, 0.25) is 0 Å². The van der Waals surface area contributed by atoms with Crippen LogP contribution in [-0.4, -0.2) is 32.2 Å². The van der Waals surface area contributed by atoms with E-state index in [0.29, 0.717) is 24.0 Å². The molecule has 0 fully saturated rings. The summed E-state index contributed by atoms with van der Waals surface area (Å²) in [6.45, 7) is 6.45. The van der Waals surface area contributed by atoms with E-state index in [-0.39, 0.29) is 0 Å². The van der Waals surface area contributed by atoms with Crippen molar-refractivity contribution in [3.63, 3.8) is 0 Å². The van der Waals surface area contributed by atoms with Crippen LogP contribution in [0.15, 0.2) is 6.07 Å². The van der Waals surface area contributed by atoms with E-state index < -0.39 is 10.8 Å². The first-order valence-corrected chi connectivity index (χ1v) is 6.51. The molecule has 0 aliphatic rings. The van der Waals surface area contributed by atoms with Gasteiger partial charge in [-0.2, -0.15) is 0 Å². The lowest BCUT2D eigenvalue weighted by molar-refractivity contribution is 0.684. The number of nitrogens with zero attached hydrogens (tertiary/aromatic N) is 2. The minimum Gasteiger partial charge on any atom is -0.353 e. The van der Waals surface area contributed by atoms with Crippen LogP contribution >= 0.6 is 0 Å². The van der Waals surface area contributed by atoms with Crippen LogP contribution in [0, 0.1) is 13.8 Å². The highest BCUT2D eigenvalue weighted by Crippen LogP contribution is 2.02. The van der Waals surface area contributed by atoms with E-state index in [4.69, 9.17) is 0 Å². The zero-order chi connectivity index (χ0) is 11.3. The molecule has 0 aliphatic heterocycles. The Kier molecular flexibility index (Phi) is 4.68. The van der Waals surface area contributed by atoms with Gasteiger partial charge < -0.3 is 5.32 Å². The van der Waals surface area contributed by atoms with Gasteiger partial charge in [0.25, 0.3) is 0 Å². The maximum atomic E-state index is 11.2. The number of anilines is 1. The van der Waals surface area contributed by atoms with Gasteiger partial charge in [-0.05, 0) is 19.9 Å². The van der Waals surface area contributed by atoms with Crippen LogP contribution < -0.4 is 5.32 Å². The molecular formula is C10H17N3OS. The molecule has 1 unspecified atom stereocenters. The predicted molar refractivity (Wildman–Crippen MR) is 63.5 cm³/mol. The van der Waals surface area contributed by atoms with E-state index in [1.165, 1.54) is 0 Å². The van der Waals surface area contributed by atoms with Gasteiger partial charge in [0.05, 0.1) is 0 Å². The van der Waals surface area contributed by atoms with Gasteiger partial charge in [0, 0.05) is 40.2 Å². The Morgan fingerprint density at radius 2 is 1.93 bits per heavy atom. The zero-order valence-electron chi connectivity index (χ0n) is 9.41. The Morgan fingerprint density at radius 3 is 2.47 bits per heavy atom. The third kappa shape index (κ3) is 4.38. The van der Waals surface area contributed by atoms with Crippen molar-refractivity contribution in [2.45, 2.75) is 20.8 Å². The van der Waals surface area contributed by atoms with Crippen LogP contribution in [0.1, 0.15) is 18.3 Å². The second-order valence-electron chi connectivity index (χ2n) is 3.33. The largest absolute Gasteiger partial charge is 0.353 e. The Balaban J connectivity index is 2.47. The number of aromatic nitrogens is 2. The lowest BCUT2D eigenvalue weighted by atomic mass is 10.4. The summed E-state index contributed by atoms with van der Waals surface area (Å²) < 4.78 is 11.2. The molecule has 1 aromatic heterocycles. The second kappa shape index (κ2) is 5.80. The molecule has 1 atom stereocenters. The standard InChI is InChI=1S/C10H17N3OS/c1-4-15(14)6-5-11-10-12-8(2)7-9(3)13-10/h7H,4-6H2,1-3H3,(H,11,12,13). The molecule has 0 aromatic carbocycles. The van der Waals surface area contributed by atoms with Gasteiger partial charge in [-0.1, -0.05) is 6.92 Å². The van der Waals surface area contributed by atoms with Gasteiger partial charge in [0.15, 0.2) is 0 Å². The summed E-state index contributed by atoms with van der Waals surface area (Å²) in [6, 6.07) is 1.93. The van der Waals surface area contributed by atoms with E-state index in [0.717, 1.165) is 11.4 Å². The van der Waals surface area contributed by atoms with Crippen molar-refractivity contribution in [2.75, 3.05) is 23.4 Å². The first-order chi connectivity index (χ1) is 7.11. The predicted octanol–water partition coefficient (Wildman–Crippen LogP) is 1.27. The molecule has 1 rings (SSSR count). The van der Waals surface area contributed by atoms with Gasteiger partial charge in [-0.25, -0.2) is 9.97 Å². The van der Waals surface area contributed by atoms with Crippen LogP contribution in [0.4, 0.5) is 5.95 Å². The molecule has 0 spiro atoms. The third-order valence-corrected chi connectivity index (χ3v) is 3.22. The molecule has 0 bridgehead atoms. The topological polar surface area (TPSA) is 54.9 Å². The van der Waals surface area contributed by atoms with Gasteiger partial charge in [-0.15, -0.1) is 0 Å². The molecular weight excluding hydrogens is 210 g/mol. The molecule has 5 heteroatoms. The van der Waals surface area contributed by atoms with Crippen molar-refractivity contribution in [3.8, 4) is 0 Å². The van der Waals surface area contributed by atoms with Crippen molar-refractivity contribution in [3.05, 3.63) is 17.5 Å². The summed E-state index contributed by atoms with van der Waals surface area (Å²) in [5.74, 6) is 1.97. The van der Waals surface area contributed by atoms with Crippen molar-refractivity contribution >= 4 is 16.7 Å². The van der Waals surface area contributed by atoms with Crippen molar-refractivity contribution in [1.82, 2.24) is 9.97 Å². The maximum Gasteiger partial charge on any atom is 0.223 e. The van der Waals surface area contributed by atoms with Crippen molar-refractivity contribution < 1.29 is 4.21 Å². The van der Waals surface area contributed by atoms with Crippen LogP contribution in [0.3, 0.4) is 0 Å². The summed E-state index contributed by atoms with van der Waals surface area (Å²) in [5.41, 5.74) is 1.89. The van der Waals surface area contributed by atoms with Crippen molar-refractivity contribution in [1.29, 1.82) is 0 Å². The normalized spacial score (nSPS) is 12.5. The monoisotopic (exact) mass is 227 g/mol. The molecule has 1 heterocycles. The van der Waals surface area contributed by atoms with Crippen LogP contribution in [0.5, 0.6) is 0 Å². The van der Waals surface area contributed by atoms with Gasteiger partial charge in [0.1, 0.15) is 0 Å². The molecule has 0 amide bonds. The molecule has 0 radical (unpaired) electrons. The van der Waals surface area contributed by atoms with E-state index >= 15 is 0 Å². The molecule has 0 aliphatic carbocycles. The maximum absolute atomic E-state index is 11.2. The first-order valence-electron chi connectivity index (χ1n) is 5.03. The smallest absolute Gasteiger partial charge is 0.223 e. The highest BCUT2D eigenvalue weighted by molar-refractivity contribution is 7.84. The average molecular weight is 227 g/mol. The Bertz CT molecular complexity index is 334. The number of aryl methyl sites for hydroxylation is 2. The number of nitrogens with one attached hydrogen (secondary N) is 1. The van der Waals surface area contributed by atoms with Crippen molar-refractivity contribution in [2.24, 2.45) is 0 Å². The fourth-order valence-electron chi connectivity index (χ4n) is 1.23. The Morgan fingerprint density at radius 1 is 1.33 bits per heavy atom. The van der Waals surface area contributed by atoms with E-state index in [1.807, 2.05) is 26.8 Å². The molecule has 1 N–H and O–H groups in total. The molecule has 84 valence electrons. The first kappa shape index (κ1) is 12.1. The number of hydrogen-bond donors (Lipinski definition) is 1. The molecule has 0 saturated heterocycles. The highest BCUT2D eigenvalue weighted by Gasteiger charge is 2.00. The molecule has 15 heavy (non-hydrogen) atoms. The van der Waals surface area contributed by atoms with E-state index in [1.54, 1.807) is 0 Å². The van der Waals surface area contributed by atoms with E-state index in [2.05, 4.69) is 15.3 Å². The quantitative estimate of drug-likeness (QED) is 0.823. The second-order valence-corrected chi connectivity index (χ2v) is 5.20. The fourth-order valence-corrected chi connectivity index (χ4v) is 1.84. The molecule has 0 saturated carbocycles. The Labute approximate surface area is 93.0 Å². The molecule has 1 aromatic rings. The lowest BCUT2D eigenvalue weighted by Gasteiger charge is -2.05. The third-order valence-electron chi connectivity index (χ3n) is 1.92. The number of rotatable bonds is 5. The summed E-state index contributed by atoms with van der Waals surface area (Å²) in [5, 5.41) is 3.08. The van der Waals surface area contributed by atoms with Gasteiger partial charge in [0.2, 0.25) is 5.95 Å². The SMILES string of the molecule is CCS(=O)CCNc1nc(C)cc(C)n1. The number of hydrogen-bond acceptors (Lipinski definition) is 4. The zero-order valence-corrected chi connectivity index (χ0v) is 10.2. The summed E-state index contributed by atoms with van der Waals surface area (Å²) in [4.78, 5) is 8.47. The fraction of sp³-hybridized carbons (Fsp3) is 0.600. The van der Waals surface area contributed by atoms with Gasteiger partial charge in [-0.3, -0.25) is 4.21 Å². The molecule has 4 nitrogen and oxygen atoms in total. The highest BCUT2D eigenvalue weighted by atomic mass is 32.2. The summed E-state index contributed by atoms with van der Waals surface area (Å²) in [6.07, 6.45) is 0. The van der Waals surface area contributed by atoms with Crippen LogP contribution in [-0.2, 0) is 10.8 Å². The van der Waals surface area contributed by atoms with Gasteiger partial charge >= 0.3 is 0 Å². The minimum absolute atomic E-state index is 0.626.